The van der Waals surface area contributed by atoms with Gasteiger partial charge in [0.2, 0.25) is 0 Å². The maximum Gasteiger partial charge on any atom is 0.192 e. The van der Waals surface area contributed by atoms with Crippen molar-refractivity contribution < 1.29 is 16.8 Å². The first kappa shape index (κ1) is 16.9. The van der Waals surface area contributed by atoms with E-state index >= 15 is 0 Å². The third-order valence-electron chi connectivity index (χ3n) is 2.73. The second-order valence-corrected chi connectivity index (χ2v) is 11.4. The molecule has 0 saturated heterocycles. The van der Waals surface area contributed by atoms with Crippen LogP contribution in [0, 0.1) is 0 Å². The maximum absolute atomic E-state index is 12.2. The Balaban J connectivity index is 2.98. The highest BCUT2D eigenvalue weighted by molar-refractivity contribution is 8.47. The molecule has 7 heteroatoms. The minimum absolute atomic E-state index is 0.447. The number of hydrogen-bond acceptors (Lipinski definition) is 4. The Morgan fingerprint density at radius 3 is 1.27 bits per heavy atom. The van der Waals surface area contributed by atoms with E-state index in [2.05, 4.69) is 0 Å². The highest BCUT2D eigenvalue weighted by Crippen LogP contribution is 2.39. The van der Waals surface area contributed by atoms with Crippen molar-refractivity contribution in [3.05, 3.63) is 60.7 Å². The van der Waals surface area contributed by atoms with Gasteiger partial charge in [-0.2, -0.15) is 0 Å². The van der Waals surface area contributed by atoms with Crippen LogP contribution in [0.4, 0.5) is 0 Å². The summed E-state index contributed by atoms with van der Waals surface area (Å²) >= 11 is 0. The first-order valence-corrected chi connectivity index (χ1v) is 11.3. The van der Waals surface area contributed by atoms with Gasteiger partial charge in [-0.25, -0.2) is 16.8 Å². The molecule has 4 nitrogen and oxygen atoms in total. The van der Waals surface area contributed by atoms with Crippen molar-refractivity contribution in [2.75, 3.05) is 12.5 Å². The zero-order valence-electron chi connectivity index (χ0n) is 12.1. The monoisotopic (exact) mass is 356 g/mol. The predicted molar refractivity (Wildman–Crippen MR) is 91.7 cm³/mol. The average Bonchev–Trinajstić information content (AvgIpc) is 2.44. The first-order chi connectivity index (χ1) is 10.2. The van der Waals surface area contributed by atoms with Crippen molar-refractivity contribution in [1.82, 2.24) is 0 Å². The fraction of sp³-hybridized carbons (Fsp3) is 0.133. The number of sulfone groups is 2. The number of rotatable bonds is 2. The van der Waals surface area contributed by atoms with Gasteiger partial charge in [0.15, 0.2) is 23.2 Å². The van der Waals surface area contributed by atoms with Crippen LogP contribution in [0.5, 0.6) is 0 Å². The lowest BCUT2D eigenvalue weighted by Crippen LogP contribution is -2.23. The van der Waals surface area contributed by atoms with Crippen LogP contribution in [0.25, 0.3) is 0 Å². The van der Waals surface area contributed by atoms with E-state index in [9.17, 15) is 16.8 Å². The first-order valence-electron chi connectivity index (χ1n) is 6.33. The molecule has 0 heterocycles. The van der Waals surface area contributed by atoms with Crippen molar-refractivity contribution in [2.45, 2.75) is 9.79 Å². The minimum Gasteiger partial charge on any atom is -0.223 e. The van der Waals surface area contributed by atoms with E-state index in [-0.39, 0.29) is 0 Å². The Bertz CT molecular complexity index is 822. The van der Waals surface area contributed by atoms with Gasteiger partial charge in [-0.15, -0.1) is 0 Å². The number of hydrogen-bond donors (Lipinski definition) is 0. The van der Waals surface area contributed by atoms with Gasteiger partial charge < -0.3 is 0 Å². The smallest absolute Gasteiger partial charge is 0.192 e. The van der Waals surface area contributed by atoms with Crippen molar-refractivity contribution >= 4 is 33.7 Å². The molecule has 0 saturated carbocycles. The summed E-state index contributed by atoms with van der Waals surface area (Å²) in [5, 5.41) is 0. The van der Waals surface area contributed by atoms with Gasteiger partial charge >= 0.3 is 0 Å². The molecule has 2 rings (SSSR count). The molecule has 118 valence electrons. The molecule has 0 aromatic heterocycles. The molecule has 2 aromatic rings. The van der Waals surface area contributed by atoms with E-state index in [1.165, 1.54) is 0 Å². The highest BCUT2D eigenvalue weighted by Gasteiger charge is 2.28. The lowest BCUT2D eigenvalue weighted by Gasteiger charge is -2.15. The predicted octanol–water partition coefficient (Wildman–Crippen LogP) is 2.55. The van der Waals surface area contributed by atoms with Crippen LogP contribution in [0.1, 0.15) is 0 Å². The molecule has 0 fully saturated rings. The average molecular weight is 356 g/mol. The zero-order valence-corrected chi connectivity index (χ0v) is 14.6. The van der Waals surface area contributed by atoms with E-state index in [4.69, 9.17) is 0 Å². The fourth-order valence-corrected chi connectivity index (χ4v) is 9.31. The lowest BCUT2D eigenvalue weighted by atomic mass is 10.4. The number of benzene rings is 2. The second kappa shape index (κ2) is 6.36. The minimum atomic E-state index is -3.88. The molecule has 0 spiro atoms. The summed E-state index contributed by atoms with van der Waals surface area (Å²) in [5.41, 5.74) is 0. The van der Waals surface area contributed by atoms with E-state index in [0.717, 1.165) is 12.5 Å². The van der Waals surface area contributed by atoms with E-state index in [1.54, 1.807) is 60.7 Å². The molecule has 0 unspecified atom stereocenters. The zero-order chi connectivity index (χ0) is 16.4. The maximum atomic E-state index is 12.2. The molecule has 0 aliphatic heterocycles. The normalized spacial score (nSPS) is 12.3. The third-order valence-corrected chi connectivity index (χ3v) is 10.4. The van der Waals surface area contributed by atoms with Gasteiger partial charge in [0.25, 0.3) is 0 Å². The SMILES string of the molecule is CS(=O)(=O)C(=S(c1ccccc1)c1ccccc1)S(C)(=O)=O. The van der Waals surface area contributed by atoms with Gasteiger partial charge in [-0.05, 0) is 24.3 Å². The van der Waals surface area contributed by atoms with Crippen molar-refractivity contribution in [3.8, 4) is 0 Å². The molecule has 0 bridgehead atoms. The summed E-state index contributed by atoms with van der Waals surface area (Å²) in [5.74, 6) is 0. The van der Waals surface area contributed by atoms with Gasteiger partial charge in [-0.1, -0.05) is 46.9 Å². The van der Waals surface area contributed by atoms with E-state index in [0.29, 0.717) is 9.79 Å². The molecule has 0 N–H and O–H groups in total. The van der Waals surface area contributed by atoms with Gasteiger partial charge in [0.05, 0.1) is 0 Å². The summed E-state index contributed by atoms with van der Waals surface area (Å²) in [6.45, 7) is 0. The molecule has 0 amide bonds. The quantitative estimate of drug-likeness (QED) is 0.776. The molecular formula is C15H16O4S3. The van der Waals surface area contributed by atoms with Crippen LogP contribution in [0.15, 0.2) is 70.5 Å². The van der Waals surface area contributed by atoms with Crippen molar-refractivity contribution in [2.24, 2.45) is 0 Å². The molecule has 0 atom stereocenters. The summed E-state index contributed by atoms with van der Waals surface area (Å²) < 4.78 is 48.2. The Kier molecular flexibility index (Phi) is 4.89. The van der Waals surface area contributed by atoms with Crippen LogP contribution in [0.2, 0.25) is 0 Å². The van der Waals surface area contributed by atoms with Crippen LogP contribution < -0.4 is 0 Å². The summed E-state index contributed by atoms with van der Waals surface area (Å²) in [4.78, 5) is 1.30. The molecule has 2 aromatic carbocycles. The van der Waals surface area contributed by atoms with Crippen LogP contribution in [0.3, 0.4) is 0 Å². The van der Waals surface area contributed by atoms with Crippen LogP contribution in [-0.4, -0.2) is 32.9 Å². The molecular weight excluding hydrogens is 340 g/mol. The lowest BCUT2D eigenvalue weighted by molar-refractivity contribution is 0.609. The summed E-state index contributed by atoms with van der Waals surface area (Å²) in [6, 6.07) is 17.6. The Labute approximate surface area is 133 Å². The Morgan fingerprint density at radius 1 is 0.682 bits per heavy atom. The molecule has 0 radical (unpaired) electrons. The summed E-state index contributed by atoms with van der Waals surface area (Å²) in [6.07, 6.45) is 1.88. The topological polar surface area (TPSA) is 68.3 Å². The standard InChI is InChI=1S/C15H16O4S3/c1-21(16,17)15(22(2,18)19)20(13-9-5-3-6-10-13)14-11-7-4-8-12-14/h3-12H,1-2H3. The molecule has 22 heavy (non-hydrogen) atoms. The molecule has 0 aliphatic carbocycles. The van der Waals surface area contributed by atoms with Crippen LogP contribution in [-0.2, 0) is 19.7 Å². The molecule has 0 aliphatic rings. The van der Waals surface area contributed by atoms with E-state index in [1.807, 2.05) is 0 Å². The van der Waals surface area contributed by atoms with E-state index < -0.39 is 33.7 Å². The highest BCUT2D eigenvalue weighted by atomic mass is 32.3. The van der Waals surface area contributed by atoms with Crippen molar-refractivity contribution in [3.63, 3.8) is 0 Å². The second-order valence-electron chi connectivity index (χ2n) is 4.73. The Hall–Kier alpha value is -1.44. The van der Waals surface area contributed by atoms with Crippen molar-refractivity contribution in [1.29, 1.82) is 0 Å². The third kappa shape index (κ3) is 3.85. The van der Waals surface area contributed by atoms with Crippen LogP contribution >= 0.6 is 10.5 Å². The van der Waals surface area contributed by atoms with Gasteiger partial charge in [-0.3, -0.25) is 0 Å². The fourth-order valence-electron chi connectivity index (χ4n) is 2.02. The van der Waals surface area contributed by atoms with Gasteiger partial charge in [0.1, 0.15) is 0 Å². The Morgan fingerprint density at radius 2 is 1.00 bits per heavy atom. The summed E-state index contributed by atoms with van der Waals surface area (Å²) in [7, 11) is -8.94. The largest absolute Gasteiger partial charge is 0.223 e. The van der Waals surface area contributed by atoms with Gasteiger partial charge in [0, 0.05) is 22.3 Å².